The van der Waals surface area contributed by atoms with Crippen molar-refractivity contribution in [3.63, 3.8) is 0 Å². The van der Waals surface area contributed by atoms with E-state index in [0.717, 1.165) is 4.90 Å². The van der Waals surface area contributed by atoms with Gasteiger partial charge in [0.25, 0.3) is 0 Å². The van der Waals surface area contributed by atoms with Gasteiger partial charge >= 0.3 is 6.55 Å². The lowest BCUT2D eigenvalue weighted by Gasteiger charge is -2.39. The third kappa shape index (κ3) is 2.01. The number of nitrogens with zero attached hydrogens (tertiary/aromatic N) is 5. The highest BCUT2D eigenvalue weighted by atomic mass is 19.3. The van der Waals surface area contributed by atoms with E-state index in [1.54, 1.807) is 0 Å². The van der Waals surface area contributed by atoms with Crippen LogP contribution in [0.25, 0.3) is 0 Å². The summed E-state index contributed by atoms with van der Waals surface area (Å²) < 4.78 is 30.2. The number of hydrogen-bond donors (Lipinski definition) is 0. The number of amides is 1. The van der Waals surface area contributed by atoms with Crippen LogP contribution in [-0.2, 0) is 10.3 Å². The van der Waals surface area contributed by atoms with E-state index in [2.05, 4.69) is 15.4 Å². The molecular weight excluding hydrogens is 264 g/mol. The quantitative estimate of drug-likeness (QED) is 0.735. The molecule has 10 heteroatoms. The summed E-state index contributed by atoms with van der Waals surface area (Å²) in [5.41, 5.74) is -2.49. The molecule has 0 bridgehead atoms. The monoisotopic (exact) mass is 276 g/mol. The van der Waals surface area contributed by atoms with Crippen molar-refractivity contribution in [2.75, 3.05) is 6.61 Å². The van der Waals surface area contributed by atoms with Gasteiger partial charge in [0.05, 0.1) is 6.61 Å². The van der Waals surface area contributed by atoms with Gasteiger partial charge in [-0.15, -0.1) is 10.2 Å². The van der Waals surface area contributed by atoms with Gasteiger partial charge < -0.3 is 19.5 Å². The van der Waals surface area contributed by atoms with Crippen LogP contribution in [-0.4, -0.2) is 43.5 Å². The van der Waals surface area contributed by atoms with E-state index in [4.69, 9.17) is 4.74 Å². The van der Waals surface area contributed by atoms with Gasteiger partial charge in [0.1, 0.15) is 17.4 Å². The van der Waals surface area contributed by atoms with Gasteiger partial charge in [0.2, 0.25) is 5.82 Å². The zero-order chi connectivity index (χ0) is 14.4. The van der Waals surface area contributed by atoms with E-state index in [-0.39, 0.29) is 17.2 Å². The predicted octanol–water partition coefficient (Wildman–Crippen LogP) is -0.305. The largest absolute Gasteiger partial charge is 0.530 e. The maximum absolute atomic E-state index is 12.4. The van der Waals surface area contributed by atoms with E-state index in [0.29, 0.717) is 0 Å². The fourth-order valence-electron chi connectivity index (χ4n) is 2.15. The molecule has 0 aromatic carbocycles. The Morgan fingerprint density at radius 3 is 2.58 bits per heavy atom. The lowest BCUT2D eigenvalue weighted by atomic mass is 10.0. The Labute approximate surface area is 106 Å². The average molecular weight is 276 g/mol. The normalized spacial score (nSPS) is 26.1. The van der Waals surface area contributed by atoms with E-state index in [9.17, 15) is 18.7 Å². The van der Waals surface area contributed by atoms with E-state index in [1.807, 2.05) is 0 Å². The van der Waals surface area contributed by atoms with Crippen LogP contribution in [0, 0.1) is 0 Å². The van der Waals surface area contributed by atoms with Gasteiger partial charge in [0.15, 0.2) is 0 Å². The molecule has 1 saturated heterocycles. The number of carbonyl (C=O) groups excluding carboxylic acids is 1. The summed E-state index contributed by atoms with van der Waals surface area (Å²) in [5.74, 6) is -0.164. The molecule has 0 spiro atoms. The Hall–Kier alpha value is -1.84. The first-order chi connectivity index (χ1) is 8.68. The average Bonchev–Trinajstić information content (AvgIpc) is 2.82. The number of rotatable bonds is 2. The molecule has 2 rings (SSSR count). The highest BCUT2D eigenvalue weighted by Crippen LogP contribution is 2.39. The molecule has 1 aliphatic heterocycles. The molecule has 0 aliphatic carbocycles. The van der Waals surface area contributed by atoms with Crippen LogP contribution in [0.5, 0.6) is 0 Å². The van der Waals surface area contributed by atoms with Crippen LogP contribution in [0.15, 0.2) is 0 Å². The van der Waals surface area contributed by atoms with Crippen molar-refractivity contribution >= 4 is 6.09 Å². The second-order valence-electron chi connectivity index (χ2n) is 4.82. The molecule has 106 valence electrons. The molecule has 19 heavy (non-hydrogen) atoms. The molecule has 1 aromatic heterocycles. The van der Waals surface area contributed by atoms with Crippen LogP contribution < -0.4 is 5.11 Å². The maximum Gasteiger partial charge on any atom is 0.350 e. The first-order valence-corrected chi connectivity index (χ1v) is 5.42. The number of alkyl halides is 2. The van der Waals surface area contributed by atoms with Crippen LogP contribution in [0.2, 0.25) is 0 Å². The number of hydrogen-bond acceptors (Lipinski definition) is 6. The summed E-state index contributed by atoms with van der Waals surface area (Å²) in [6, 6.07) is 0. The van der Waals surface area contributed by atoms with Crippen LogP contribution in [0.1, 0.15) is 33.1 Å². The summed E-state index contributed by atoms with van der Waals surface area (Å²) >= 11 is 0. The molecule has 1 aliphatic rings. The molecule has 1 atom stereocenters. The van der Waals surface area contributed by atoms with Crippen molar-refractivity contribution in [2.24, 2.45) is 0 Å². The first kappa shape index (κ1) is 13.6. The molecule has 8 nitrogen and oxygen atoms in total. The lowest BCUT2D eigenvalue weighted by Crippen LogP contribution is -2.57. The van der Waals surface area contributed by atoms with Gasteiger partial charge in [-0.1, -0.05) is 4.80 Å². The van der Waals surface area contributed by atoms with Gasteiger partial charge in [-0.25, -0.2) is 0 Å². The molecule has 2 heterocycles. The minimum atomic E-state index is -2.95. The van der Waals surface area contributed by atoms with Crippen molar-refractivity contribution in [2.45, 2.75) is 38.6 Å². The molecular formula is C9H12F2N5O3-. The van der Waals surface area contributed by atoms with Gasteiger partial charge in [0, 0.05) is 0 Å². The SMILES string of the molecule is CC1(C)OC[C@@](C)(c2nnn(C(F)F)n2)N1C(=O)[O-]. The number of carboxylic acid groups (broad SMARTS) is 1. The third-order valence-corrected chi connectivity index (χ3v) is 3.01. The fourth-order valence-corrected chi connectivity index (χ4v) is 2.15. The zero-order valence-corrected chi connectivity index (χ0v) is 10.5. The maximum atomic E-state index is 12.4. The van der Waals surface area contributed by atoms with E-state index >= 15 is 0 Å². The summed E-state index contributed by atoms with van der Waals surface area (Å²) in [7, 11) is 0. The van der Waals surface area contributed by atoms with Crippen molar-refractivity contribution in [3.05, 3.63) is 5.82 Å². The van der Waals surface area contributed by atoms with Crippen LogP contribution >= 0.6 is 0 Å². The smallest absolute Gasteiger partial charge is 0.350 e. The van der Waals surface area contributed by atoms with Gasteiger partial charge in [-0.3, -0.25) is 0 Å². The molecule has 1 amide bonds. The molecule has 0 N–H and O–H groups in total. The number of halogens is 2. The highest BCUT2D eigenvalue weighted by Gasteiger charge is 2.52. The Kier molecular flexibility index (Phi) is 2.92. The van der Waals surface area contributed by atoms with E-state index in [1.165, 1.54) is 20.8 Å². The summed E-state index contributed by atoms with van der Waals surface area (Å²) in [6.45, 7) is 1.47. The number of tetrazole rings is 1. The van der Waals surface area contributed by atoms with Gasteiger partial charge in [-0.05, 0) is 26.0 Å². The highest BCUT2D eigenvalue weighted by molar-refractivity contribution is 5.65. The number of aromatic nitrogens is 4. The van der Waals surface area contributed by atoms with Crippen molar-refractivity contribution in [1.82, 2.24) is 25.1 Å². The lowest BCUT2D eigenvalue weighted by molar-refractivity contribution is -0.280. The number of ether oxygens (including phenoxy) is 1. The standard InChI is InChI=1S/C9H13F2N5O3/c1-8(2)15(7(17)18)9(3,4-19-8)5-12-14-16(13-5)6(10)11/h6H,4H2,1-3H3,(H,17,18)/p-1/t9-/m0/s1. The Bertz CT molecular complexity index is 506. The zero-order valence-electron chi connectivity index (χ0n) is 10.5. The van der Waals surface area contributed by atoms with Crippen molar-refractivity contribution in [1.29, 1.82) is 0 Å². The minimum Gasteiger partial charge on any atom is -0.530 e. The topological polar surface area (TPSA) is 96.2 Å². The van der Waals surface area contributed by atoms with Crippen LogP contribution in [0.4, 0.5) is 13.6 Å². The summed E-state index contributed by atoms with van der Waals surface area (Å²) in [5, 5.41) is 21.4. The molecule has 1 fully saturated rings. The fraction of sp³-hybridized carbons (Fsp3) is 0.778. The van der Waals surface area contributed by atoms with E-state index < -0.39 is 23.9 Å². The first-order valence-electron chi connectivity index (χ1n) is 5.42. The Balaban J connectivity index is 2.43. The summed E-state index contributed by atoms with van der Waals surface area (Å²) in [6.07, 6.45) is -1.50. The second kappa shape index (κ2) is 4.08. The molecule has 0 saturated carbocycles. The Morgan fingerprint density at radius 1 is 1.47 bits per heavy atom. The summed E-state index contributed by atoms with van der Waals surface area (Å²) in [4.78, 5) is 12.2. The van der Waals surface area contributed by atoms with Crippen molar-refractivity contribution < 1.29 is 23.4 Å². The molecule has 0 unspecified atom stereocenters. The number of carbonyl (C=O) groups is 1. The molecule has 0 radical (unpaired) electrons. The van der Waals surface area contributed by atoms with Crippen LogP contribution in [0.3, 0.4) is 0 Å². The minimum absolute atomic E-state index is 0.0804. The van der Waals surface area contributed by atoms with Gasteiger partial charge in [-0.2, -0.15) is 8.78 Å². The van der Waals surface area contributed by atoms with Crippen molar-refractivity contribution in [3.8, 4) is 0 Å². The second-order valence-corrected chi connectivity index (χ2v) is 4.82. The third-order valence-electron chi connectivity index (χ3n) is 3.01. The Morgan fingerprint density at radius 2 is 2.11 bits per heavy atom. The molecule has 1 aromatic rings. The predicted molar refractivity (Wildman–Crippen MR) is 53.7 cm³/mol.